The summed E-state index contributed by atoms with van der Waals surface area (Å²) in [6, 6.07) is 4.67. The van der Waals surface area contributed by atoms with Gasteiger partial charge >= 0.3 is 0 Å². The monoisotopic (exact) mass is 280 g/mol. The second-order valence-electron chi connectivity index (χ2n) is 4.03. The molecule has 7 nitrogen and oxygen atoms in total. The number of hydrogen-bond acceptors (Lipinski definition) is 5. The summed E-state index contributed by atoms with van der Waals surface area (Å²) in [6.45, 7) is 0. The fraction of sp³-hybridized carbons (Fsp3) is 0.182. The van der Waals surface area contributed by atoms with Crippen LogP contribution in [0.2, 0.25) is 0 Å². The van der Waals surface area contributed by atoms with Gasteiger partial charge in [-0.05, 0) is 18.2 Å². The van der Waals surface area contributed by atoms with Crippen molar-refractivity contribution in [1.29, 1.82) is 0 Å². The first-order chi connectivity index (χ1) is 8.79. The van der Waals surface area contributed by atoms with Crippen molar-refractivity contribution in [2.45, 2.75) is 0 Å². The van der Waals surface area contributed by atoms with E-state index in [0.29, 0.717) is 10.9 Å². The Morgan fingerprint density at radius 3 is 2.63 bits per heavy atom. The number of anilines is 1. The van der Waals surface area contributed by atoms with Crippen LogP contribution in [0.3, 0.4) is 0 Å². The highest BCUT2D eigenvalue weighted by atomic mass is 32.2. The van der Waals surface area contributed by atoms with E-state index in [0.717, 1.165) is 10.6 Å². The second kappa shape index (κ2) is 4.47. The Bertz CT molecular complexity index is 758. The first kappa shape index (κ1) is 13.2. The standard InChI is InChI=1S/C11H12N4O3S/c1-15(19(2,17)18)10-4-3-7-6-13-9(11(12)16)5-8(7)14-10/h3-6H,1-2H3,(H2,12,16). The van der Waals surface area contributed by atoms with Crippen LogP contribution < -0.4 is 10.0 Å². The molecule has 0 saturated carbocycles. The molecule has 0 unspecified atom stereocenters. The van der Waals surface area contributed by atoms with Crippen LogP contribution in [0, 0.1) is 0 Å². The van der Waals surface area contributed by atoms with Gasteiger partial charge in [0.1, 0.15) is 11.5 Å². The maximum absolute atomic E-state index is 11.4. The van der Waals surface area contributed by atoms with Gasteiger partial charge in [0, 0.05) is 18.6 Å². The predicted molar refractivity (Wildman–Crippen MR) is 71.3 cm³/mol. The molecule has 0 aliphatic heterocycles. The Balaban J connectivity index is 2.58. The van der Waals surface area contributed by atoms with Gasteiger partial charge in [-0.1, -0.05) is 0 Å². The number of fused-ring (bicyclic) bond motifs is 1. The lowest BCUT2D eigenvalue weighted by molar-refractivity contribution is 0.0995. The summed E-state index contributed by atoms with van der Waals surface area (Å²) in [5.74, 6) is -0.401. The lowest BCUT2D eigenvalue weighted by Gasteiger charge is -2.15. The number of amides is 1. The Kier molecular flexibility index (Phi) is 3.11. The number of nitrogens with two attached hydrogens (primary N) is 1. The van der Waals surface area contributed by atoms with Crippen LogP contribution in [0.5, 0.6) is 0 Å². The van der Waals surface area contributed by atoms with E-state index < -0.39 is 15.9 Å². The zero-order valence-corrected chi connectivity index (χ0v) is 11.2. The first-order valence-corrected chi connectivity index (χ1v) is 7.14. The van der Waals surface area contributed by atoms with E-state index in [-0.39, 0.29) is 11.5 Å². The molecule has 19 heavy (non-hydrogen) atoms. The highest BCUT2D eigenvalue weighted by molar-refractivity contribution is 7.92. The number of pyridine rings is 2. The van der Waals surface area contributed by atoms with Crippen molar-refractivity contribution in [3.05, 3.63) is 30.1 Å². The third kappa shape index (κ3) is 2.63. The highest BCUT2D eigenvalue weighted by Gasteiger charge is 2.14. The van der Waals surface area contributed by atoms with E-state index >= 15 is 0 Å². The van der Waals surface area contributed by atoms with E-state index in [1.54, 1.807) is 12.1 Å². The zero-order valence-electron chi connectivity index (χ0n) is 10.4. The topological polar surface area (TPSA) is 106 Å². The molecular formula is C11H12N4O3S. The second-order valence-corrected chi connectivity index (χ2v) is 6.04. The van der Waals surface area contributed by atoms with Gasteiger partial charge in [0.2, 0.25) is 10.0 Å². The number of carbonyl (C=O) groups excluding carboxylic acids is 1. The van der Waals surface area contributed by atoms with Gasteiger partial charge in [-0.2, -0.15) is 0 Å². The third-order valence-corrected chi connectivity index (χ3v) is 3.81. The summed E-state index contributed by atoms with van der Waals surface area (Å²) in [5, 5.41) is 0.690. The van der Waals surface area contributed by atoms with Gasteiger partial charge in [-0.3, -0.25) is 14.1 Å². The Morgan fingerprint density at radius 1 is 1.37 bits per heavy atom. The van der Waals surface area contributed by atoms with Gasteiger partial charge in [-0.25, -0.2) is 13.4 Å². The predicted octanol–water partition coefficient (Wildman–Crippen LogP) is 0.124. The van der Waals surface area contributed by atoms with Gasteiger partial charge in [0.05, 0.1) is 11.8 Å². The van der Waals surface area contributed by atoms with Crippen molar-refractivity contribution in [2.75, 3.05) is 17.6 Å². The molecule has 0 aliphatic rings. The molecule has 2 heterocycles. The van der Waals surface area contributed by atoms with Crippen molar-refractivity contribution in [2.24, 2.45) is 5.73 Å². The number of carbonyl (C=O) groups is 1. The minimum Gasteiger partial charge on any atom is -0.364 e. The molecule has 1 amide bonds. The van der Waals surface area contributed by atoms with Gasteiger partial charge in [-0.15, -0.1) is 0 Å². The summed E-state index contributed by atoms with van der Waals surface area (Å²) < 4.78 is 23.9. The molecule has 0 fully saturated rings. The highest BCUT2D eigenvalue weighted by Crippen LogP contribution is 2.18. The lowest BCUT2D eigenvalue weighted by Crippen LogP contribution is -2.25. The van der Waals surface area contributed by atoms with Crippen LogP contribution in [0.25, 0.3) is 10.9 Å². The first-order valence-electron chi connectivity index (χ1n) is 5.29. The fourth-order valence-corrected chi connectivity index (χ4v) is 1.93. The van der Waals surface area contributed by atoms with Crippen LogP contribution in [-0.4, -0.2) is 37.6 Å². The molecule has 2 N–H and O–H groups in total. The molecule has 0 aromatic carbocycles. The van der Waals surface area contributed by atoms with E-state index in [1.807, 2.05) is 0 Å². The van der Waals surface area contributed by atoms with Crippen LogP contribution in [-0.2, 0) is 10.0 Å². The smallest absolute Gasteiger partial charge is 0.267 e. The van der Waals surface area contributed by atoms with Gasteiger partial charge in [0.25, 0.3) is 5.91 Å². The molecule has 0 aliphatic carbocycles. The van der Waals surface area contributed by atoms with E-state index in [9.17, 15) is 13.2 Å². The zero-order chi connectivity index (χ0) is 14.2. The van der Waals surface area contributed by atoms with Crippen molar-refractivity contribution >= 4 is 32.7 Å². The van der Waals surface area contributed by atoms with Crippen molar-refractivity contribution in [3.8, 4) is 0 Å². The number of aromatic nitrogens is 2. The summed E-state index contributed by atoms with van der Waals surface area (Å²) in [5.41, 5.74) is 5.67. The average molecular weight is 280 g/mol. The summed E-state index contributed by atoms with van der Waals surface area (Å²) >= 11 is 0. The molecule has 0 radical (unpaired) electrons. The summed E-state index contributed by atoms with van der Waals surface area (Å²) in [7, 11) is -1.98. The molecule has 2 aromatic heterocycles. The van der Waals surface area contributed by atoms with Crippen LogP contribution >= 0.6 is 0 Å². The average Bonchev–Trinajstić information content (AvgIpc) is 2.35. The summed E-state index contributed by atoms with van der Waals surface area (Å²) in [6.07, 6.45) is 2.55. The van der Waals surface area contributed by atoms with Gasteiger partial charge in [0.15, 0.2) is 0 Å². The normalized spacial score (nSPS) is 11.5. The molecule has 0 spiro atoms. The molecule has 2 rings (SSSR count). The molecule has 100 valence electrons. The molecule has 8 heteroatoms. The third-order valence-electron chi connectivity index (χ3n) is 2.63. The lowest BCUT2D eigenvalue weighted by atomic mass is 10.2. The minimum atomic E-state index is -3.39. The largest absolute Gasteiger partial charge is 0.364 e. The Labute approximate surface area is 110 Å². The molecule has 0 bridgehead atoms. The number of primary amides is 1. The minimum absolute atomic E-state index is 0.0826. The molecule has 0 saturated heterocycles. The van der Waals surface area contributed by atoms with E-state index in [4.69, 9.17) is 5.73 Å². The number of nitrogens with zero attached hydrogens (tertiary/aromatic N) is 3. The van der Waals surface area contributed by atoms with E-state index in [2.05, 4.69) is 9.97 Å². The molecule has 0 atom stereocenters. The fourth-order valence-electron chi connectivity index (χ4n) is 1.49. The van der Waals surface area contributed by atoms with Crippen molar-refractivity contribution in [1.82, 2.24) is 9.97 Å². The maximum atomic E-state index is 11.4. The van der Waals surface area contributed by atoms with Crippen molar-refractivity contribution in [3.63, 3.8) is 0 Å². The summed E-state index contributed by atoms with van der Waals surface area (Å²) in [4.78, 5) is 19.1. The number of sulfonamides is 1. The number of rotatable bonds is 3. The quantitative estimate of drug-likeness (QED) is 0.859. The molecule has 2 aromatic rings. The van der Waals surface area contributed by atoms with Crippen LogP contribution in [0.4, 0.5) is 5.82 Å². The number of hydrogen-bond donors (Lipinski definition) is 1. The van der Waals surface area contributed by atoms with Gasteiger partial charge < -0.3 is 5.73 Å². The maximum Gasteiger partial charge on any atom is 0.267 e. The van der Waals surface area contributed by atoms with Crippen LogP contribution in [0.1, 0.15) is 10.5 Å². The Hall–Kier alpha value is -2.22. The van der Waals surface area contributed by atoms with E-state index in [1.165, 1.54) is 19.3 Å². The SMILES string of the molecule is CN(c1ccc2cnc(C(N)=O)cc2n1)S(C)(=O)=O. The van der Waals surface area contributed by atoms with Crippen molar-refractivity contribution < 1.29 is 13.2 Å². The van der Waals surface area contributed by atoms with Crippen LogP contribution in [0.15, 0.2) is 24.4 Å². The Morgan fingerprint density at radius 2 is 2.05 bits per heavy atom. The molecular weight excluding hydrogens is 268 g/mol.